The van der Waals surface area contributed by atoms with Crippen molar-refractivity contribution in [2.75, 3.05) is 5.32 Å². The number of carbonyl (C=O) groups excluding carboxylic acids is 1. The number of amides is 1. The van der Waals surface area contributed by atoms with Crippen LogP contribution in [0.2, 0.25) is 0 Å². The van der Waals surface area contributed by atoms with E-state index in [1.165, 1.54) is 0 Å². The zero-order chi connectivity index (χ0) is 13.2. The number of rotatable bonds is 2. The molecular weight excluding hydrogens is 306 g/mol. The molecule has 5 heteroatoms. The van der Waals surface area contributed by atoms with Gasteiger partial charge in [-0.25, -0.2) is 4.98 Å². The first-order valence-electron chi connectivity index (χ1n) is 5.73. The minimum atomic E-state index is -0.161. The average Bonchev–Trinajstić information content (AvgIpc) is 2.85. The number of halogens is 1. The number of para-hydroxylation sites is 1. The van der Waals surface area contributed by atoms with Crippen molar-refractivity contribution in [2.24, 2.45) is 0 Å². The molecule has 0 saturated heterocycles. The van der Waals surface area contributed by atoms with Crippen LogP contribution < -0.4 is 5.32 Å². The van der Waals surface area contributed by atoms with E-state index in [1.54, 1.807) is 24.5 Å². The molecular formula is C14H10BrN3O. The number of aromatic amines is 1. The van der Waals surface area contributed by atoms with Gasteiger partial charge >= 0.3 is 0 Å². The molecule has 0 fully saturated rings. The number of carbonyl (C=O) groups is 1. The molecule has 2 aromatic heterocycles. The van der Waals surface area contributed by atoms with Crippen molar-refractivity contribution in [1.29, 1.82) is 0 Å². The van der Waals surface area contributed by atoms with E-state index < -0.39 is 0 Å². The second kappa shape index (κ2) is 4.85. The highest BCUT2D eigenvalue weighted by Crippen LogP contribution is 2.22. The highest BCUT2D eigenvalue weighted by Gasteiger charge is 2.12. The van der Waals surface area contributed by atoms with Crippen LogP contribution in [0.25, 0.3) is 10.9 Å². The van der Waals surface area contributed by atoms with Gasteiger partial charge in [0.15, 0.2) is 0 Å². The maximum Gasteiger partial charge on any atom is 0.257 e. The Morgan fingerprint density at radius 2 is 2.05 bits per heavy atom. The van der Waals surface area contributed by atoms with Gasteiger partial charge in [-0.2, -0.15) is 0 Å². The van der Waals surface area contributed by atoms with Crippen LogP contribution in [0.15, 0.2) is 53.4 Å². The zero-order valence-corrected chi connectivity index (χ0v) is 11.4. The number of nitrogens with one attached hydrogen (secondary N) is 2. The van der Waals surface area contributed by atoms with Crippen LogP contribution >= 0.6 is 15.9 Å². The molecule has 0 bridgehead atoms. The van der Waals surface area contributed by atoms with Crippen molar-refractivity contribution in [3.63, 3.8) is 0 Å². The first-order valence-corrected chi connectivity index (χ1v) is 6.53. The van der Waals surface area contributed by atoms with Gasteiger partial charge in [-0.15, -0.1) is 0 Å². The van der Waals surface area contributed by atoms with Crippen molar-refractivity contribution < 1.29 is 4.79 Å². The Labute approximate surface area is 118 Å². The summed E-state index contributed by atoms with van der Waals surface area (Å²) in [6.45, 7) is 0. The van der Waals surface area contributed by atoms with Crippen LogP contribution in [0.5, 0.6) is 0 Å². The molecule has 0 saturated carbocycles. The normalized spacial score (nSPS) is 10.6. The minimum Gasteiger partial charge on any atom is -0.360 e. The topological polar surface area (TPSA) is 57.8 Å². The van der Waals surface area contributed by atoms with Gasteiger partial charge < -0.3 is 10.3 Å². The zero-order valence-electron chi connectivity index (χ0n) is 9.85. The molecule has 1 amide bonds. The number of hydrogen-bond donors (Lipinski definition) is 2. The molecule has 0 unspecified atom stereocenters. The van der Waals surface area contributed by atoms with E-state index in [1.807, 2.05) is 24.3 Å². The summed E-state index contributed by atoms with van der Waals surface area (Å²) in [6.07, 6.45) is 3.37. The van der Waals surface area contributed by atoms with Crippen LogP contribution in [0.3, 0.4) is 0 Å². The molecule has 0 aliphatic rings. The molecule has 3 aromatic rings. The molecule has 2 N–H and O–H groups in total. The number of H-pyrrole nitrogens is 1. The summed E-state index contributed by atoms with van der Waals surface area (Å²) in [5.41, 5.74) is 2.21. The Balaban J connectivity index is 1.95. The lowest BCUT2D eigenvalue weighted by molar-refractivity contribution is 0.102. The molecule has 0 spiro atoms. The van der Waals surface area contributed by atoms with Gasteiger partial charge in [-0.05, 0) is 34.1 Å². The molecule has 4 nitrogen and oxygen atoms in total. The van der Waals surface area contributed by atoms with Crippen molar-refractivity contribution in [1.82, 2.24) is 9.97 Å². The van der Waals surface area contributed by atoms with Gasteiger partial charge in [0.1, 0.15) is 4.60 Å². The number of benzene rings is 1. The van der Waals surface area contributed by atoms with E-state index in [0.29, 0.717) is 15.9 Å². The van der Waals surface area contributed by atoms with Gasteiger partial charge in [-0.1, -0.05) is 18.2 Å². The van der Waals surface area contributed by atoms with Gasteiger partial charge in [0.05, 0.1) is 11.3 Å². The Morgan fingerprint density at radius 3 is 2.89 bits per heavy atom. The molecule has 1 aromatic carbocycles. The predicted molar refractivity (Wildman–Crippen MR) is 78.2 cm³/mol. The standard InChI is InChI=1S/C14H10BrN3O/c15-13-12(6-3-7-16-13)18-14(19)10-8-17-11-5-2-1-4-9(10)11/h1-8,17H,(H,18,19). The predicted octanol–water partition coefficient (Wildman–Crippen LogP) is 3.58. The third-order valence-electron chi connectivity index (χ3n) is 2.84. The molecule has 0 radical (unpaired) electrons. The number of nitrogens with zero attached hydrogens (tertiary/aromatic N) is 1. The summed E-state index contributed by atoms with van der Waals surface area (Å²) in [5.74, 6) is -0.161. The molecule has 94 valence electrons. The third kappa shape index (κ3) is 2.24. The molecule has 0 aliphatic carbocycles. The quantitative estimate of drug-likeness (QED) is 0.710. The number of aromatic nitrogens is 2. The molecule has 19 heavy (non-hydrogen) atoms. The van der Waals surface area contributed by atoms with Gasteiger partial charge in [0.2, 0.25) is 0 Å². The van der Waals surface area contributed by atoms with E-state index in [-0.39, 0.29) is 5.91 Å². The van der Waals surface area contributed by atoms with Crippen LogP contribution in [0.1, 0.15) is 10.4 Å². The highest BCUT2D eigenvalue weighted by molar-refractivity contribution is 9.10. The summed E-state index contributed by atoms with van der Waals surface area (Å²) >= 11 is 3.30. The lowest BCUT2D eigenvalue weighted by atomic mass is 10.1. The lowest BCUT2D eigenvalue weighted by Crippen LogP contribution is -2.12. The summed E-state index contributed by atoms with van der Waals surface area (Å²) < 4.78 is 0.614. The number of anilines is 1. The van der Waals surface area contributed by atoms with Crippen molar-refractivity contribution >= 4 is 38.4 Å². The fourth-order valence-corrected chi connectivity index (χ4v) is 2.28. The van der Waals surface area contributed by atoms with Crippen LogP contribution in [0, 0.1) is 0 Å². The first-order chi connectivity index (χ1) is 9.25. The Morgan fingerprint density at radius 1 is 1.21 bits per heavy atom. The van der Waals surface area contributed by atoms with Crippen molar-refractivity contribution in [3.8, 4) is 0 Å². The van der Waals surface area contributed by atoms with E-state index in [2.05, 4.69) is 31.2 Å². The lowest BCUT2D eigenvalue weighted by Gasteiger charge is -2.05. The molecule has 3 rings (SSSR count). The number of pyridine rings is 1. The maximum absolute atomic E-state index is 12.3. The molecule has 2 heterocycles. The Kier molecular flexibility index (Phi) is 3.05. The van der Waals surface area contributed by atoms with Crippen molar-refractivity contribution in [3.05, 3.63) is 59.0 Å². The van der Waals surface area contributed by atoms with Crippen LogP contribution in [-0.2, 0) is 0 Å². The summed E-state index contributed by atoms with van der Waals surface area (Å²) in [4.78, 5) is 19.4. The van der Waals surface area contributed by atoms with E-state index >= 15 is 0 Å². The summed E-state index contributed by atoms with van der Waals surface area (Å²) in [5, 5.41) is 3.74. The van der Waals surface area contributed by atoms with Gasteiger partial charge in [0, 0.05) is 23.3 Å². The average molecular weight is 316 g/mol. The Hall–Kier alpha value is -2.14. The minimum absolute atomic E-state index is 0.161. The fourth-order valence-electron chi connectivity index (χ4n) is 1.93. The largest absolute Gasteiger partial charge is 0.360 e. The second-order valence-electron chi connectivity index (χ2n) is 4.04. The van der Waals surface area contributed by atoms with Crippen molar-refractivity contribution in [2.45, 2.75) is 0 Å². The SMILES string of the molecule is O=C(Nc1cccnc1Br)c1c[nH]c2ccccc12. The molecule has 0 aliphatic heterocycles. The van der Waals surface area contributed by atoms with Crippen LogP contribution in [-0.4, -0.2) is 15.9 Å². The van der Waals surface area contributed by atoms with E-state index in [9.17, 15) is 4.79 Å². The summed E-state index contributed by atoms with van der Waals surface area (Å²) in [6, 6.07) is 11.3. The van der Waals surface area contributed by atoms with E-state index in [0.717, 1.165) is 10.9 Å². The van der Waals surface area contributed by atoms with E-state index in [4.69, 9.17) is 0 Å². The summed E-state index contributed by atoms with van der Waals surface area (Å²) in [7, 11) is 0. The second-order valence-corrected chi connectivity index (χ2v) is 4.79. The van der Waals surface area contributed by atoms with Gasteiger partial charge in [-0.3, -0.25) is 4.79 Å². The first kappa shape index (κ1) is 11.9. The molecule has 0 atom stereocenters. The fraction of sp³-hybridized carbons (Fsp3) is 0. The maximum atomic E-state index is 12.3. The number of fused-ring (bicyclic) bond motifs is 1. The monoisotopic (exact) mass is 315 g/mol. The highest BCUT2D eigenvalue weighted by atomic mass is 79.9. The third-order valence-corrected chi connectivity index (χ3v) is 3.47. The smallest absolute Gasteiger partial charge is 0.257 e. The van der Waals surface area contributed by atoms with Gasteiger partial charge in [0.25, 0.3) is 5.91 Å². The number of hydrogen-bond acceptors (Lipinski definition) is 2. The Bertz CT molecular complexity index is 751. The van der Waals surface area contributed by atoms with Crippen LogP contribution in [0.4, 0.5) is 5.69 Å².